The standard InChI is InChI=1S/C16H16.5C15H16N2.C15H14/c1-10-8-11(2)15-9-13-6-4-5-7-14(13)16(15)12(10)3;1-8-6-12-13(17-11(8)4)7-14-15(12)9(2)5-10(3)16-14;1-8-5-12-13(17-11(8)4)6-14-15(12)10(3)9(2)7-16-14;1-8-5-12-13-6-9(2)11(4)17-15(13)7-14(12)16-10(8)3;1-8-5-12-13(16-7-8)6-14-15(12)10(3)9(2)11(4)17-14;1-8-5-6-12-13(16-8)7-14-15(12)10(3)9(2)11(4)17-14;1-10-7-8-13-9-12-5-3-4-6-14(12)15(13)11(10)2/h4-8H,9H2,1-3H3;5-6H,7H2,1-4H3;5,7H,6H2,1-4H3;5-6H,7H2,1-4H3;5,7H,6H2,1-4H3;5-6H,7H2,1-4H3;3-8H,9H2,1-2H3. The highest BCUT2D eigenvalue weighted by Gasteiger charge is 2.31. The second-order valence-electron chi connectivity index (χ2n) is 33.9. The highest BCUT2D eigenvalue weighted by molar-refractivity contribution is 5.85. The third-order valence-corrected chi connectivity index (χ3v) is 26.0. The maximum absolute atomic E-state index is 4.72. The Morgan fingerprint density at radius 1 is 0.198 bits per heavy atom. The first kappa shape index (κ1) is 79.6. The van der Waals surface area contributed by atoms with Gasteiger partial charge < -0.3 is 0 Å². The first-order valence-corrected chi connectivity index (χ1v) is 41.3. The van der Waals surface area contributed by atoms with E-state index in [-0.39, 0.29) is 0 Å². The average Bonchev–Trinajstić information content (AvgIpc) is 1.10. The highest BCUT2D eigenvalue weighted by Crippen LogP contribution is 2.46. The smallest absolute Gasteiger partial charge is 0.0548 e. The number of hydrogen-bond acceptors (Lipinski definition) is 10. The predicted molar refractivity (Wildman–Crippen MR) is 479 cm³/mol. The fraction of sp³-hybridized carbons (Fsp3) is 0.302. The lowest BCUT2D eigenvalue weighted by Crippen LogP contribution is -1.97. The summed E-state index contributed by atoms with van der Waals surface area (Å²) in [6, 6.07) is 42.1. The van der Waals surface area contributed by atoms with Crippen LogP contribution in [0.2, 0.25) is 0 Å². The maximum Gasteiger partial charge on any atom is 0.0548 e. The zero-order valence-electron chi connectivity index (χ0n) is 73.0. The molecule has 14 aromatic rings. The van der Waals surface area contributed by atoms with Crippen LogP contribution in [0.4, 0.5) is 0 Å². The van der Waals surface area contributed by atoms with Crippen LogP contribution in [0.3, 0.4) is 0 Å². The van der Waals surface area contributed by atoms with Crippen LogP contribution in [0.15, 0.2) is 128 Å². The van der Waals surface area contributed by atoms with Crippen LogP contribution in [0.1, 0.15) is 219 Å². The molecule has 7 aliphatic rings. The zero-order chi connectivity index (χ0) is 82.5. The maximum atomic E-state index is 4.72. The van der Waals surface area contributed by atoms with Crippen molar-refractivity contribution < 1.29 is 0 Å². The van der Waals surface area contributed by atoms with E-state index < -0.39 is 0 Å². The topological polar surface area (TPSA) is 129 Å². The number of aromatic nitrogens is 10. The largest absolute Gasteiger partial charge is 0.260 e. The normalized spacial score (nSPS) is 12.5. The van der Waals surface area contributed by atoms with Crippen LogP contribution in [-0.4, -0.2) is 49.8 Å². The molecule has 4 aromatic carbocycles. The quantitative estimate of drug-likeness (QED) is 0.145. The summed E-state index contributed by atoms with van der Waals surface area (Å²) in [5, 5.41) is 0. The number of pyridine rings is 10. The van der Waals surface area contributed by atoms with Gasteiger partial charge in [-0.15, -0.1) is 0 Å². The first-order chi connectivity index (χ1) is 55.3. The number of fused-ring (bicyclic) bond motifs is 21. The summed E-state index contributed by atoms with van der Waals surface area (Å²) in [6.45, 7) is 53.4. The Labute approximate surface area is 688 Å². The van der Waals surface area contributed by atoms with Crippen molar-refractivity contribution >= 4 is 0 Å². The molecule has 7 aliphatic carbocycles. The van der Waals surface area contributed by atoms with E-state index in [0.29, 0.717) is 0 Å². The number of benzene rings is 4. The minimum atomic E-state index is 0.882. The fourth-order valence-electron chi connectivity index (χ4n) is 18.2. The van der Waals surface area contributed by atoms with Crippen molar-refractivity contribution in [1.82, 2.24) is 49.8 Å². The molecule has 10 nitrogen and oxygen atoms in total. The third kappa shape index (κ3) is 14.8. The summed E-state index contributed by atoms with van der Waals surface area (Å²) in [5.74, 6) is 0. The molecule has 0 unspecified atom stereocenters. The van der Waals surface area contributed by atoms with Crippen molar-refractivity contribution in [2.75, 3.05) is 0 Å². The van der Waals surface area contributed by atoms with Crippen LogP contribution in [0, 0.1) is 173 Å². The van der Waals surface area contributed by atoms with Gasteiger partial charge in [-0.3, -0.25) is 49.8 Å². The van der Waals surface area contributed by atoms with Crippen LogP contribution in [-0.2, 0) is 44.9 Å². The summed E-state index contributed by atoms with van der Waals surface area (Å²) in [5.41, 5.74) is 68.2. The van der Waals surface area contributed by atoms with E-state index in [1.54, 1.807) is 0 Å². The molecule has 0 saturated heterocycles. The predicted octanol–water partition coefficient (Wildman–Crippen LogP) is 24.5. The van der Waals surface area contributed by atoms with Gasteiger partial charge in [0.2, 0.25) is 0 Å². The lowest BCUT2D eigenvalue weighted by molar-refractivity contribution is 1.00. The van der Waals surface area contributed by atoms with Gasteiger partial charge in [0.1, 0.15) is 0 Å². The molecule has 0 spiro atoms. The van der Waals surface area contributed by atoms with E-state index in [1.807, 2.05) is 19.3 Å². The zero-order valence-corrected chi connectivity index (χ0v) is 73.0. The van der Waals surface area contributed by atoms with E-state index in [4.69, 9.17) is 19.9 Å². The summed E-state index contributed by atoms with van der Waals surface area (Å²) in [4.78, 5) is 46.6. The molecule has 0 amide bonds. The minimum Gasteiger partial charge on any atom is -0.260 e. The molecule has 584 valence electrons. The molecular weight excluding hydrogens is 1410 g/mol. The lowest BCUT2D eigenvalue weighted by Gasteiger charge is -2.11. The molecule has 116 heavy (non-hydrogen) atoms. The summed E-state index contributed by atoms with van der Waals surface area (Å²) in [7, 11) is 0. The Kier molecular flexibility index (Phi) is 21.6. The summed E-state index contributed by atoms with van der Waals surface area (Å²) >= 11 is 0. The Morgan fingerprint density at radius 3 is 1.19 bits per heavy atom. The molecule has 0 radical (unpaired) electrons. The lowest BCUT2D eigenvalue weighted by atomic mass is 9.93. The Bertz CT molecular complexity index is 6370. The molecule has 0 bridgehead atoms. The molecule has 0 N–H and O–H groups in total. The van der Waals surface area contributed by atoms with Crippen molar-refractivity contribution in [3.8, 4) is 77.9 Å². The van der Waals surface area contributed by atoms with Crippen LogP contribution in [0.25, 0.3) is 77.9 Å². The van der Waals surface area contributed by atoms with Crippen molar-refractivity contribution in [2.24, 2.45) is 0 Å². The third-order valence-electron chi connectivity index (χ3n) is 26.0. The molecule has 10 heterocycles. The fourth-order valence-corrected chi connectivity index (χ4v) is 18.2. The van der Waals surface area contributed by atoms with E-state index in [2.05, 4.69) is 311 Å². The monoisotopic (exact) mass is 1520 g/mol. The first-order valence-electron chi connectivity index (χ1n) is 41.3. The van der Waals surface area contributed by atoms with Crippen molar-refractivity contribution in [3.05, 3.63) is 347 Å². The minimum absolute atomic E-state index is 0.882. The van der Waals surface area contributed by atoms with Gasteiger partial charge in [0.25, 0.3) is 0 Å². The molecule has 0 saturated carbocycles. The van der Waals surface area contributed by atoms with Gasteiger partial charge in [0.05, 0.1) is 56.9 Å². The van der Waals surface area contributed by atoms with E-state index >= 15 is 0 Å². The number of nitrogens with zero attached hydrogens (tertiary/aromatic N) is 10. The van der Waals surface area contributed by atoms with Gasteiger partial charge in [-0.1, -0.05) is 72.8 Å². The Hall–Kier alpha value is -11.6. The van der Waals surface area contributed by atoms with Gasteiger partial charge in [0, 0.05) is 146 Å². The molecule has 10 aromatic heterocycles. The van der Waals surface area contributed by atoms with E-state index in [1.165, 1.54) is 252 Å². The van der Waals surface area contributed by atoms with Crippen LogP contribution >= 0.6 is 0 Å². The number of hydrogen-bond donors (Lipinski definition) is 0. The van der Waals surface area contributed by atoms with Crippen molar-refractivity contribution in [1.29, 1.82) is 0 Å². The highest BCUT2D eigenvalue weighted by atomic mass is 14.8. The molecule has 10 heteroatoms. The molecular formula is C106H110N10. The van der Waals surface area contributed by atoms with Crippen LogP contribution in [0.5, 0.6) is 0 Å². The Morgan fingerprint density at radius 2 is 0.612 bits per heavy atom. The second kappa shape index (κ2) is 31.5. The molecule has 0 atom stereocenters. The van der Waals surface area contributed by atoms with E-state index in [0.717, 1.165) is 90.5 Å². The van der Waals surface area contributed by atoms with Crippen molar-refractivity contribution in [3.63, 3.8) is 0 Å². The number of rotatable bonds is 0. The summed E-state index contributed by atoms with van der Waals surface area (Å²) in [6.07, 6.45) is 10.5. The number of aryl methyl sites for hydroxylation is 18. The Balaban J connectivity index is 0.000000106. The van der Waals surface area contributed by atoms with Gasteiger partial charge in [0.15, 0.2) is 0 Å². The average molecular weight is 1520 g/mol. The van der Waals surface area contributed by atoms with Gasteiger partial charge >= 0.3 is 0 Å². The summed E-state index contributed by atoms with van der Waals surface area (Å²) < 4.78 is 0. The van der Waals surface area contributed by atoms with Gasteiger partial charge in [-0.25, -0.2) is 0 Å². The van der Waals surface area contributed by atoms with Crippen molar-refractivity contribution in [2.45, 2.75) is 218 Å². The SMILES string of the molecule is Cc1cc(C)c2c(c1C)-c1ccccc1C2.Cc1cc(C)c2c(n1)Cc1nc(C)c(C)cc1-2.Cc1cc2c(nc1C)Cc1nc(C)c(C)cc1-2.Cc1cc2c(nc1C)Cc1ncc(C)c(C)c1-2.Cc1ccc2c(c1C)-c1ccccc1C2.Cc1ccc2c(n1)Cc1nc(C)c(C)c(C)c1-2.Cc1cnc2c(c1)-c1c(nc(C)c(C)c1C)C2. The molecule has 0 aliphatic heterocycles. The van der Waals surface area contributed by atoms with Gasteiger partial charge in [-0.2, -0.15) is 0 Å². The molecule has 0 fully saturated rings. The molecule has 21 rings (SSSR count). The van der Waals surface area contributed by atoms with E-state index in [9.17, 15) is 0 Å². The second-order valence-corrected chi connectivity index (χ2v) is 33.9. The van der Waals surface area contributed by atoms with Crippen LogP contribution < -0.4 is 0 Å². The van der Waals surface area contributed by atoms with Gasteiger partial charge in [-0.05, 0) is 367 Å².